The van der Waals surface area contributed by atoms with E-state index in [-0.39, 0.29) is 10.8 Å². The number of morpholine rings is 1. The average Bonchev–Trinajstić information content (AvgIpc) is 3.46. The largest absolute Gasteiger partial charge is 0.379 e. The zero-order valence-corrected chi connectivity index (χ0v) is 18.6. The van der Waals surface area contributed by atoms with Gasteiger partial charge in [-0.1, -0.05) is 18.2 Å². The minimum Gasteiger partial charge on any atom is -0.379 e. The molecule has 0 atom stereocenters. The van der Waals surface area contributed by atoms with Crippen LogP contribution in [0.15, 0.2) is 65.0 Å². The third kappa shape index (κ3) is 3.93. The molecule has 0 spiro atoms. The number of aromatic amines is 1. The molecule has 32 heavy (non-hydrogen) atoms. The van der Waals surface area contributed by atoms with Crippen LogP contribution in [0, 0.1) is 0 Å². The molecular formula is C22H20N4O4S2. The van der Waals surface area contributed by atoms with Gasteiger partial charge in [0.15, 0.2) is 5.13 Å². The third-order valence-corrected chi connectivity index (χ3v) is 7.98. The number of anilines is 1. The Morgan fingerprint density at radius 3 is 2.62 bits per heavy atom. The van der Waals surface area contributed by atoms with Crippen LogP contribution in [0.4, 0.5) is 5.13 Å². The Morgan fingerprint density at radius 2 is 1.84 bits per heavy atom. The number of benzene rings is 2. The number of thiazole rings is 1. The zero-order valence-electron chi connectivity index (χ0n) is 16.9. The van der Waals surface area contributed by atoms with E-state index in [2.05, 4.69) is 15.3 Å². The standard InChI is InChI=1S/C22H20N4O4S2/c27-21(15-5-7-16(8-6-15)32(28,29)26-9-11-30-12-10-26)25-22-24-20(14-31-22)18-13-23-19-4-2-1-3-17(18)19/h1-8,13-14,23H,9-12H2,(H,24,25,27). The van der Waals surface area contributed by atoms with Crippen LogP contribution in [0.5, 0.6) is 0 Å². The molecule has 0 saturated carbocycles. The van der Waals surface area contributed by atoms with E-state index >= 15 is 0 Å². The van der Waals surface area contributed by atoms with E-state index in [0.717, 1.165) is 22.2 Å². The van der Waals surface area contributed by atoms with E-state index < -0.39 is 10.0 Å². The van der Waals surface area contributed by atoms with Crippen LogP contribution >= 0.6 is 11.3 Å². The number of hydrogen-bond donors (Lipinski definition) is 2. The van der Waals surface area contributed by atoms with Gasteiger partial charge in [0.1, 0.15) is 0 Å². The lowest BCUT2D eigenvalue weighted by Gasteiger charge is -2.26. The second kappa shape index (κ2) is 8.47. The number of carbonyl (C=O) groups excluding carboxylic acids is 1. The Balaban J connectivity index is 1.30. The van der Waals surface area contributed by atoms with Crippen LogP contribution in [0.25, 0.3) is 22.2 Å². The third-order valence-electron chi connectivity index (χ3n) is 5.31. The molecular weight excluding hydrogens is 448 g/mol. The van der Waals surface area contributed by atoms with E-state index in [1.807, 2.05) is 35.8 Å². The highest BCUT2D eigenvalue weighted by Gasteiger charge is 2.26. The van der Waals surface area contributed by atoms with Gasteiger partial charge in [0.2, 0.25) is 10.0 Å². The number of rotatable bonds is 5. The molecule has 5 rings (SSSR count). The SMILES string of the molecule is O=C(Nc1nc(-c2c[nH]c3ccccc23)cs1)c1ccc(S(=O)(=O)N2CCOCC2)cc1. The molecule has 164 valence electrons. The minimum atomic E-state index is -3.59. The van der Waals surface area contributed by atoms with Crippen LogP contribution in [0.1, 0.15) is 10.4 Å². The summed E-state index contributed by atoms with van der Waals surface area (Å²) in [5.41, 5.74) is 3.12. The summed E-state index contributed by atoms with van der Waals surface area (Å²) >= 11 is 1.33. The number of para-hydroxylation sites is 1. The van der Waals surface area contributed by atoms with Crippen LogP contribution in [-0.4, -0.2) is 54.9 Å². The fraction of sp³-hybridized carbons (Fsp3) is 0.182. The number of carbonyl (C=O) groups is 1. The van der Waals surface area contributed by atoms with Crippen molar-refractivity contribution in [2.24, 2.45) is 0 Å². The first kappa shape index (κ1) is 20.8. The fourth-order valence-electron chi connectivity index (χ4n) is 3.62. The molecule has 0 radical (unpaired) electrons. The molecule has 8 nitrogen and oxygen atoms in total. The molecule has 2 N–H and O–H groups in total. The Labute approximate surface area is 188 Å². The Morgan fingerprint density at radius 1 is 1.09 bits per heavy atom. The lowest BCUT2D eigenvalue weighted by atomic mass is 10.1. The van der Waals surface area contributed by atoms with Crippen molar-refractivity contribution in [1.82, 2.24) is 14.3 Å². The van der Waals surface area contributed by atoms with Gasteiger partial charge in [-0.2, -0.15) is 4.31 Å². The van der Waals surface area contributed by atoms with Crippen molar-refractivity contribution in [3.8, 4) is 11.3 Å². The van der Waals surface area contributed by atoms with Crippen molar-refractivity contribution in [3.05, 3.63) is 65.7 Å². The Bertz CT molecular complexity index is 1370. The number of nitrogens with zero attached hydrogens (tertiary/aromatic N) is 2. The lowest BCUT2D eigenvalue weighted by Crippen LogP contribution is -2.40. The topological polar surface area (TPSA) is 104 Å². The second-order valence-electron chi connectivity index (χ2n) is 7.28. The van der Waals surface area contributed by atoms with Gasteiger partial charge in [-0.05, 0) is 30.3 Å². The molecule has 2 aromatic heterocycles. The lowest BCUT2D eigenvalue weighted by molar-refractivity contribution is 0.0730. The Hall–Kier alpha value is -3.05. The summed E-state index contributed by atoms with van der Waals surface area (Å²) in [6, 6.07) is 13.9. The summed E-state index contributed by atoms with van der Waals surface area (Å²) in [6.07, 6.45) is 1.90. The number of sulfonamides is 1. The minimum absolute atomic E-state index is 0.159. The van der Waals surface area contributed by atoms with Crippen molar-refractivity contribution >= 4 is 43.3 Å². The number of hydrogen-bond acceptors (Lipinski definition) is 6. The summed E-state index contributed by atoms with van der Waals surface area (Å²) in [5, 5.41) is 6.22. The number of amides is 1. The van der Waals surface area contributed by atoms with Gasteiger partial charge in [-0.15, -0.1) is 11.3 Å². The summed E-state index contributed by atoms with van der Waals surface area (Å²) < 4.78 is 32.1. The van der Waals surface area contributed by atoms with Crippen molar-refractivity contribution in [1.29, 1.82) is 0 Å². The smallest absolute Gasteiger partial charge is 0.257 e. The average molecular weight is 469 g/mol. The monoisotopic (exact) mass is 468 g/mol. The molecule has 0 bridgehead atoms. The van der Waals surface area contributed by atoms with Crippen LogP contribution in [0.3, 0.4) is 0 Å². The van der Waals surface area contributed by atoms with Gasteiger partial charge in [0.05, 0.1) is 23.8 Å². The molecule has 1 saturated heterocycles. The molecule has 10 heteroatoms. The highest BCUT2D eigenvalue weighted by Crippen LogP contribution is 2.31. The Kier molecular flexibility index (Phi) is 5.51. The summed E-state index contributed by atoms with van der Waals surface area (Å²) in [6.45, 7) is 1.42. The first-order valence-corrected chi connectivity index (χ1v) is 12.4. The molecule has 3 heterocycles. The normalized spacial score (nSPS) is 15.1. The van der Waals surface area contributed by atoms with Gasteiger partial charge < -0.3 is 9.72 Å². The van der Waals surface area contributed by atoms with Gasteiger partial charge in [0.25, 0.3) is 5.91 Å². The highest BCUT2D eigenvalue weighted by molar-refractivity contribution is 7.89. The van der Waals surface area contributed by atoms with Gasteiger partial charge in [-0.3, -0.25) is 10.1 Å². The maximum atomic E-state index is 12.7. The number of ether oxygens (including phenoxy) is 1. The first-order chi connectivity index (χ1) is 15.5. The number of nitrogens with one attached hydrogen (secondary N) is 2. The van der Waals surface area contributed by atoms with Crippen LogP contribution in [0.2, 0.25) is 0 Å². The molecule has 1 aliphatic rings. The van der Waals surface area contributed by atoms with Crippen LogP contribution < -0.4 is 5.32 Å². The maximum absolute atomic E-state index is 12.7. The van der Waals surface area contributed by atoms with Gasteiger partial charge in [-0.25, -0.2) is 13.4 Å². The summed E-state index contributed by atoms with van der Waals surface area (Å²) in [5.74, 6) is -0.347. The molecule has 1 fully saturated rings. The van der Waals surface area contributed by atoms with Crippen LogP contribution in [-0.2, 0) is 14.8 Å². The molecule has 4 aromatic rings. The summed E-state index contributed by atoms with van der Waals surface area (Å²) in [7, 11) is -3.59. The van der Waals surface area contributed by atoms with Crippen molar-refractivity contribution in [2.75, 3.05) is 31.6 Å². The van der Waals surface area contributed by atoms with E-state index in [1.165, 1.54) is 39.9 Å². The van der Waals surface area contributed by atoms with Gasteiger partial charge >= 0.3 is 0 Å². The highest BCUT2D eigenvalue weighted by atomic mass is 32.2. The number of aromatic nitrogens is 2. The predicted octanol–water partition coefficient (Wildman–Crippen LogP) is 3.56. The van der Waals surface area contributed by atoms with E-state index in [0.29, 0.717) is 37.0 Å². The van der Waals surface area contributed by atoms with Gasteiger partial charge in [0, 0.05) is 46.7 Å². The number of fused-ring (bicyclic) bond motifs is 1. The van der Waals surface area contributed by atoms with Crippen molar-refractivity contribution in [3.63, 3.8) is 0 Å². The molecule has 2 aromatic carbocycles. The first-order valence-electron chi connectivity index (χ1n) is 10.0. The fourth-order valence-corrected chi connectivity index (χ4v) is 5.74. The maximum Gasteiger partial charge on any atom is 0.257 e. The predicted molar refractivity (Wildman–Crippen MR) is 123 cm³/mol. The molecule has 0 unspecified atom stereocenters. The van der Waals surface area contributed by atoms with E-state index in [1.54, 1.807) is 0 Å². The molecule has 1 amide bonds. The number of H-pyrrole nitrogens is 1. The van der Waals surface area contributed by atoms with Crippen molar-refractivity contribution in [2.45, 2.75) is 4.90 Å². The van der Waals surface area contributed by atoms with E-state index in [9.17, 15) is 13.2 Å². The second-order valence-corrected chi connectivity index (χ2v) is 10.1. The van der Waals surface area contributed by atoms with Crippen molar-refractivity contribution < 1.29 is 17.9 Å². The molecule has 0 aliphatic carbocycles. The quantitative estimate of drug-likeness (QED) is 0.466. The zero-order chi connectivity index (χ0) is 22.1. The van der Waals surface area contributed by atoms with E-state index in [4.69, 9.17) is 4.74 Å². The molecule has 1 aliphatic heterocycles. The summed E-state index contributed by atoms with van der Waals surface area (Å²) in [4.78, 5) is 20.6.